The molecule has 1 amide bonds. The molecule has 0 aliphatic heterocycles. The molecule has 2 N–H and O–H groups in total. The molecular formula is C27H22BrIN2O4. The van der Waals surface area contributed by atoms with Gasteiger partial charge in [-0.15, -0.1) is 0 Å². The lowest BCUT2D eigenvalue weighted by Gasteiger charge is -2.15. The van der Waals surface area contributed by atoms with Gasteiger partial charge in [0.15, 0.2) is 11.5 Å². The fourth-order valence-corrected chi connectivity index (χ4v) is 4.61. The summed E-state index contributed by atoms with van der Waals surface area (Å²) in [5.74, 6) is 0.607. The summed E-state index contributed by atoms with van der Waals surface area (Å²) >= 11 is 5.49. The second-order valence-corrected chi connectivity index (χ2v) is 9.67. The number of phenolic OH excluding ortho intramolecular Hbond substituents is 1. The van der Waals surface area contributed by atoms with Crippen molar-refractivity contribution in [1.82, 2.24) is 5.43 Å². The first kappa shape index (κ1) is 25.0. The van der Waals surface area contributed by atoms with Crippen molar-refractivity contribution in [3.8, 4) is 17.2 Å². The Kier molecular flexibility index (Phi) is 8.25. The first-order valence-electron chi connectivity index (χ1n) is 10.8. The average Bonchev–Trinajstić information content (AvgIpc) is 2.85. The summed E-state index contributed by atoms with van der Waals surface area (Å²) in [4.78, 5) is 12.3. The smallest absolute Gasteiger partial charge is 0.275 e. The van der Waals surface area contributed by atoms with Crippen molar-refractivity contribution in [2.45, 2.75) is 13.5 Å². The van der Waals surface area contributed by atoms with Crippen LogP contribution in [0.4, 0.5) is 0 Å². The van der Waals surface area contributed by atoms with Crippen LogP contribution in [0.25, 0.3) is 10.8 Å². The summed E-state index contributed by atoms with van der Waals surface area (Å²) in [5.41, 5.74) is 4.35. The van der Waals surface area contributed by atoms with Gasteiger partial charge >= 0.3 is 0 Å². The van der Waals surface area contributed by atoms with Gasteiger partial charge in [-0.2, -0.15) is 5.10 Å². The number of nitrogens with one attached hydrogen (secondary N) is 1. The molecule has 178 valence electrons. The highest BCUT2D eigenvalue weighted by atomic mass is 127. The molecule has 0 spiro atoms. The highest BCUT2D eigenvalue weighted by molar-refractivity contribution is 14.1. The Morgan fingerprint density at radius 3 is 2.66 bits per heavy atom. The average molecular weight is 645 g/mol. The standard InChI is InChI=1S/C27H22BrIN2O4/c1-2-34-25-13-18(15-30-31-27(33)22-14-21(28)9-10-24(22)32)12-23(29)26(25)35-16-17-7-8-19-5-3-4-6-20(19)11-17/h3-15,32H,2,16H2,1H3,(H,31,33)/b30-15-. The maximum Gasteiger partial charge on any atom is 0.275 e. The van der Waals surface area contributed by atoms with E-state index in [4.69, 9.17) is 9.47 Å². The van der Waals surface area contributed by atoms with E-state index in [1.807, 2.05) is 31.2 Å². The zero-order valence-electron chi connectivity index (χ0n) is 18.8. The molecule has 4 rings (SSSR count). The van der Waals surface area contributed by atoms with Gasteiger partial charge < -0.3 is 14.6 Å². The van der Waals surface area contributed by atoms with E-state index < -0.39 is 5.91 Å². The van der Waals surface area contributed by atoms with Crippen LogP contribution in [-0.4, -0.2) is 23.8 Å². The van der Waals surface area contributed by atoms with Crippen LogP contribution in [0, 0.1) is 3.57 Å². The first-order chi connectivity index (χ1) is 16.9. The lowest BCUT2D eigenvalue weighted by molar-refractivity contribution is 0.0952. The van der Waals surface area contributed by atoms with Crippen molar-refractivity contribution in [2.75, 3.05) is 6.61 Å². The molecule has 0 bridgehead atoms. The predicted molar refractivity (Wildman–Crippen MR) is 149 cm³/mol. The highest BCUT2D eigenvalue weighted by Crippen LogP contribution is 2.34. The SMILES string of the molecule is CCOc1cc(/C=N\NC(=O)c2cc(Br)ccc2O)cc(I)c1OCc1ccc2ccccc2c1. The Morgan fingerprint density at radius 1 is 1.06 bits per heavy atom. The van der Waals surface area contributed by atoms with E-state index in [2.05, 4.69) is 79.4 Å². The van der Waals surface area contributed by atoms with Gasteiger partial charge in [0, 0.05) is 4.47 Å². The van der Waals surface area contributed by atoms with Crippen LogP contribution in [0.3, 0.4) is 0 Å². The number of hydrogen-bond donors (Lipinski definition) is 2. The van der Waals surface area contributed by atoms with E-state index in [0.29, 0.717) is 29.2 Å². The molecule has 35 heavy (non-hydrogen) atoms. The number of hydrazone groups is 1. The third-order valence-corrected chi connectivity index (χ3v) is 6.41. The third-order valence-electron chi connectivity index (χ3n) is 5.11. The minimum absolute atomic E-state index is 0.123. The van der Waals surface area contributed by atoms with Crippen LogP contribution in [0.15, 0.2) is 82.4 Å². The van der Waals surface area contributed by atoms with E-state index >= 15 is 0 Å². The summed E-state index contributed by atoms with van der Waals surface area (Å²) in [6, 6.07) is 22.8. The molecule has 0 fully saturated rings. The summed E-state index contributed by atoms with van der Waals surface area (Å²) < 4.78 is 13.5. The second kappa shape index (κ2) is 11.5. The van der Waals surface area contributed by atoms with E-state index in [1.165, 1.54) is 23.7 Å². The van der Waals surface area contributed by atoms with Gasteiger partial charge in [-0.05, 0) is 87.8 Å². The zero-order chi connectivity index (χ0) is 24.8. The number of halogens is 2. The molecule has 0 aromatic heterocycles. The van der Waals surface area contributed by atoms with E-state index in [0.717, 1.165) is 20.1 Å². The van der Waals surface area contributed by atoms with Crippen molar-refractivity contribution in [1.29, 1.82) is 0 Å². The molecule has 0 heterocycles. The zero-order valence-corrected chi connectivity index (χ0v) is 22.5. The number of phenols is 1. The molecule has 6 nitrogen and oxygen atoms in total. The molecule has 0 aliphatic carbocycles. The number of ether oxygens (including phenoxy) is 2. The largest absolute Gasteiger partial charge is 0.507 e. The van der Waals surface area contributed by atoms with Crippen molar-refractivity contribution in [2.24, 2.45) is 5.10 Å². The Balaban J connectivity index is 1.48. The van der Waals surface area contributed by atoms with Gasteiger partial charge in [0.05, 0.1) is 22.0 Å². The Labute approximate surface area is 225 Å². The van der Waals surface area contributed by atoms with Crippen molar-refractivity contribution >= 4 is 61.4 Å². The van der Waals surface area contributed by atoms with Crippen LogP contribution in [0.5, 0.6) is 17.2 Å². The maximum absolute atomic E-state index is 12.3. The van der Waals surface area contributed by atoms with Gasteiger partial charge in [-0.25, -0.2) is 5.43 Å². The second-order valence-electron chi connectivity index (χ2n) is 7.59. The molecule has 0 saturated heterocycles. The minimum Gasteiger partial charge on any atom is -0.507 e. The van der Waals surface area contributed by atoms with Gasteiger partial charge in [0.25, 0.3) is 5.91 Å². The molecule has 8 heteroatoms. The number of carbonyl (C=O) groups excluding carboxylic acids is 1. The summed E-state index contributed by atoms with van der Waals surface area (Å²) in [5, 5.41) is 16.3. The van der Waals surface area contributed by atoms with Crippen LogP contribution in [0.2, 0.25) is 0 Å². The lowest BCUT2D eigenvalue weighted by atomic mass is 10.1. The Morgan fingerprint density at radius 2 is 1.86 bits per heavy atom. The van der Waals surface area contributed by atoms with E-state index in [1.54, 1.807) is 6.07 Å². The van der Waals surface area contributed by atoms with Crippen LogP contribution < -0.4 is 14.9 Å². The predicted octanol–water partition coefficient (Wildman–Crippen LogP) is 6.65. The number of nitrogens with zero attached hydrogens (tertiary/aromatic N) is 1. The highest BCUT2D eigenvalue weighted by Gasteiger charge is 2.13. The quantitative estimate of drug-likeness (QED) is 0.128. The molecule has 0 aliphatic rings. The lowest BCUT2D eigenvalue weighted by Crippen LogP contribution is -2.17. The molecule has 4 aromatic carbocycles. The molecule has 0 atom stereocenters. The number of hydrogen-bond acceptors (Lipinski definition) is 5. The fourth-order valence-electron chi connectivity index (χ4n) is 3.47. The Hall–Kier alpha value is -3.11. The van der Waals surface area contributed by atoms with Crippen molar-refractivity contribution < 1.29 is 19.4 Å². The van der Waals surface area contributed by atoms with E-state index in [9.17, 15) is 9.90 Å². The number of carbonyl (C=O) groups is 1. The number of aromatic hydroxyl groups is 1. The third kappa shape index (κ3) is 6.32. The molecular weight excluding hydrogens is 623 g/mol. The van der Waals surface area contributed by atoms with Crippen LogP contribution in [-0.2, 0) is 6.61 Å². The van der Waals surface area contributed by atoms with Crippen molar-refractivity contribution in [3.63, 3.8) is 0 Å². The van der Waals surface area contributed by atoms with Gasteiger partial charge in [-0.1, -0.05) is 52.3 Å². The summed E-state index contributed by atoms with van der Waals surface area (Å²) in [6.45, 7) is 2.79. The Bertz CT molecular complexity index is 1410. The molecule has 0 saturated carbocycles. The van der Waals surface area contributed by atoms with E-state index in [-0.39, 0.29) is 11.3 Å². The van der Waals surface area contributed by atoms with Gasteiger partial charge in [-0.3, -0.25) is 4.79 Å². The van der Waals surface area contributed by atoms with Crippen LogP contribution in [0.1, 0.15) is 28.4 Å². The normalized spacial score (nSPS) is 11.1. The minimum atomic E-state index is -0.518. The number of fused-ring (bicyclic) bond motifs is 1. The summed E-state index contributed by atoms with van der Waals surface area (Å²) in [6.07, 6.45) is 1.52. The monoisotopic (exact) mass is 644 g/mol. The fraction of sp³-hybridized carbons (Fsp3) is 0.111. The topological polar surface area (TPSA) is 80.2 Å². The number of benzene rings is 4. The van der Waals surface area contributed by atoms with Crippen LogP contribution >= 0.6 is 38.5 Å². The molecule has 0 unspecified atom stereocenters. The maximum atomic E-state index is 12.3. The number of amides is 1. The van der Waals surface area contributed by atoms with Gasteiger partial charge in [0.2, 0.25) is 0 Å². The first-order valence-corrected chi connectivity index (χ1v) is 12.7. The van der Waals surface area contributed by atoms with Gasteiger partial charge in [0.1, 0.15) is 12.4 Å². The molecule has 4 aromatic rings. The number of rotatable bonds is 8. The summed E-state index contributed by atoms with van der Waals surface area (Å²) in [7, 11) is 0. The van der Waals surface area contributed by atoms with Crippen molar-refractivity contribution in [3.05, 3.63) is 97.5 Å². The molecule has 0 radical (unpaired) electrons.